The van der Waals surface area contributed by atoms with Crippen LogP contribution in [0.15, 0.2) is 4.99 Å². The average Bonchev–Trinajstić information content (AvgIpc) is 2.86. The molecule has 0 unspecified atom stereocenters. The number of aliphatic imine (C=N–C) groups is 1. The largest absolute Gasteiger partial charge is 0.370 e. The lowest BCUT2D eigenvalue weighted by atomic mass is 9.96. The van der Waals surface area contributed by atoms with Gasteiger partial charge in [-0.2, -0.15) is 0 Å². The Labute approximate surface area is 220 Å². The van der Waals surface area contributed by atoms with Crippen LogP contribution < -0.4 is 44.6 Å². The van der Waals surface area contributed by atoms with E-state index in [0.29, 0.717) is 45.1 Å². The normalized spacial score (nSPS) is 15.8. The summed E-state index contributed by atoms with van der Waals surface area (Å²) < 4.78 is 0. The number of hydrogen-bond acceptors (Lipinski definition) is 7. The van der Waals surface area contributed by atoms with E-state index in [2.05, 4.69) is 20.9 Å². The molecule has 13 heteroatoms. The van der Waals surface area contributed by atoms with Crippen molar-refractivity contribution in [1.82, 2.24) is 16.0 Å². The number of carbonyl (C=O) groups excluding carboxylic acids is 4. The topological polar surface area (TPSA) is 247 Å². The van der Waals surface area contributed by atoms with Crippen LogP contribution in [-0.2, 0) is 19.2 Å². The van der Waals surface area contributed by atoms with Crippen LogP contribution in [0.3, 0.4) is 0 Å². The van der Waals surface area contributed by atoms with E-state index >= 15 is 0 Å². The average molecular weight is 528 g/mol. The molecule has 214 valence electrons. The molecule has 13 N–H and O–H groups in total. The Hall–Kier alpha value is -2.93. The Balaban J connectivity index is 5.65. The number of nitrogens with one attached hydrogen (secondary N) is 3. The molecule has 0 aliphatic heterocycles. The summed E-state index contributed by atoms with van der Waals surface area (Å²) in [5.74, 6) is -2.63. The Morgan fingerprint density at radius 3 is 1.84 bits per heavy atom. The van der Waals surface area contributed by atoms with Crippen molar-refractivity contribution in [3.8, 4) is 0 Å². The minimum Gasteiger partial charge on any atom is -0.370 e. The summed E-state index contributed by atoms with van der Waals surface area (Å²) in [6.45, 7) is 8.18. The summed E-state index contributed by atoms with van der Waals surface area (Å²) in [4.78, 5) is 55.0. The van der Waals surface area contributed by atoms with E-state index in [1.54, 1.807) is 0 Å². The first kappa shape index (κ1) is 34.1. The number of primary amides is 1. The van der Waals surface area contributed by atoms with Crippen molar-refractivity contribution >= 4 is 29.6 Å². The third kappa shape index (κ3) is 13.3. The summed E-state index contributed by atoms with van der Waals surface area (Å²) in [6.07, 6.45) is 3.54. The number of carbonyl (C=O) groups is 4. The molecule has 0 aromatic carbocycles. The first-order valence-electron chi connectivity index (χ1n) is 13.1. The summed E-state index contributed by atoms with van der Waals surface area (Å²) in [6, 6.07) is -3.59. The summed E-state index contributed by atoms with van der Waals surface area (Å²) in [5, 5.41) is 8.12. The molecule has 0 aromatic heterocycles. The van der Waals surface area contributed by atoms with Gasteiger partial charge in [0.1, 0.15) is 18.1 Å². The monoisotopic (exact) mass is 527 g/mol. The fourth-order valence-corrected chi connectivity index (χ4v) is 3.55. The van der Waals surface area contributed by atoms with E-state index in [9.17, 15) is 19.2 Å². The Morgan fingerprint density at radius 2 is 1.32 bits per heavy atom. The van der Waals surface area contributed by atoms with Gasteiger partial charge < -0.3 is 44.6 Å². The minimum absolute atomic E-state index is 0.0761. The Kier molecular flexibility index (Phi) is 16.9. The second kappa shape index (κ2) is 18.3. The van der Waals surface area contributed by atoms with Crippen LogP contribution in [0.25, 0.3) is 0 Å². The Bertz CT molecular complexity index is 759. The van der Waals surface area contributed by atoms with Crippen molar-refractivity contribution in [3.05, 3.63) is 0 Å². The number of hydrogen-bond donors (Lipinski definition) is 8. The zero-order valence-electron chi connectivity index (χ0n) is 22.8. The van der Waals surface area contributed by atoms with Gasteiger partial charge in [-0.3, -0.25) is 24.2 Å². The highest BCUT2D eigenvalue weighted by Gasteiger charge is 2.32. The van der Waals surface area contributed by atoms with Gasteiger partial charge in [0, 0.05) is 6.54 Å². The zero-order chi connectivity index (χ0) is 28.5. The lowest BCUT2D eigenvalue weighted by molar-refractivity contribution is -0.134. The van der Waals surface area contributed by atoms with Crippen molar-refractivity contribution < 1.29 is 19.2 Å². The third-order valence-corrected chi connectivity index (χ3v) is 6.54. The van der Waals surface area contributed by atoms with Crippen LogP contribution in [0.4, 0.5) is 0 Å². The molecule has 0 fully saturated rings. The molecule has 0 aromatic rings. The van der Waals surface area contributed by atoms with Gasteiger partial charge in [0.05, 0.1) is 6.04 Å². The van der Waals surface area contributed by atoms with Gasteiger partial charge in [-0.15, -0.1) is 0 Å². The van der Waals surface area contributed by atoms with Crippen molar-refractivity contribution in [1.29, 1.82) is 0 Å². The lowest BCUT2D eigenvalue weighted by Gasteiger charge is -2.28. The maximum Gasteiger partial charge on any atom is 0.243 e. The second-order valence-electron chi connectivity index (χ2n) is 9.54. The van der Waals surface area contributed by atoms with Gasteiger partial charge in [-0.25, -0.2) is 0 Å². The van der Waals surface area contributed by atoms with Gasteiger partial charge in [0.15, 0.2) is 5.96 Å². The number of unbranched alkanes of at least 4 members (excludes halogenated alkanes) is 1. The highest BCUT2D eigenvalue weighted by molar-refractivity contribution is 5.94. The maximum absolute atomic E-state index is 13.3. The van der Waals surface area contributed by atoms with Crippen molar-refractivity contribution in [2.45, 2.75) is 96.8 Å². The molecule has 0 radical (unpaired) electrons. The van der Waals surface area contributed by atoms with Gasteiger partial charge in [-0.1, -0.05) is 40.5 Å². The lowest BCUT2D eigenvalue weighted by Crippen LogP contribution is -2.59. The molecule has 0 aliphatic rings. The molecule has 0 bridgehead atoms. The molecule has 13 nitrogen and oxygen atoms in total. The van der Waals surface area contributed by atoms with Crippen LogP contribution in [0, 0.1) is 11.8 Å². The van der Waals surface area contributed by atoms with Crippen molar-refractivity contribution in [3.63, 3.8) is 0 Å². The smallest absolute Gasteiger partial charge is 0.243 e. The highest BCUT2D eigenvalue weighted by atomic mass is 16.2. The number of amides is 4. The van der Waals surface area contributed by atoms with Crippen LogP contribution >= 0.6 is 0 Å². The molecule has 0 rings (SSSR count). The third-order valence-electron chi connectivity index (χ3n) is 6.54. The number of nitrogens with two attached hydrogens (primary N) is 5. The van der Waals surface area contributed by atoms with Crippen LogP contribution in [0.5, 0.6) is 0 Å². The van der Waals surface area contributed by atoms with E-state index in [0.717, 1.165) is 0 Å². The molecule has 0 heterocycles. The summed E-state index contributed by atoms with van der Waals surface area (Å²) in [5.41, 5.74) is 27.8. The van der Waals surface area contributed by atoms with Crippen molar-refractivity contribution in [2.75, 3.05) is 13.1 Å². The Morgan fingerprint density at radius 1 is 0.757 bits per heavy atom. The zero-order valence-corrected chi connectivity index (χ0v) is 22.8. The first-order chi connectivity index (χ1) is 17.4. The molecule has 4 amide bonds. The molecule has 0 spiro atoms. The quantitative estimate of drug-likeness (QED) is 0.0558. The van der Waals surface area contributed by atoms with Crippen LogP contribution in [-0.4, -0.2) is 66.8 Å². The fraction of sp³-hybridized carbons (Fsp3) is 0.792. The van der Waals surface area contributed by atoms with Gasteiger partial charge >= 0.3 is 0 Å². The molecule has 0 saturated carbocycles. The molecule has 6 atom stereocenters. The van der Waals surface area contributed by atoms with E-state index in [4.69, 9.17) is 28.7 Å². The van der Waals surface area contributed by atoms with E-state index in [1.165, 1.54) is 0 Å². The summed E-state index contributed by atoms with van der Waals surface area (Å²) in [7, 11) is 0. The SMILES string of the molecule is CC[C@H](C)[C@H](N)C(=O)N[C@@H](CCCN=C(N)N)C(=O)N[C@H](C(=O)N[C@@H](CCCCN)C(N)=O)[C@@H](C)CC. The molecular weight excluding hydrogens is 478 g/mol. The molecular formula is C24H49N9O4. The fourth-order valence-electron chi connectivity index (χ4n) is 3.55. The first-order valence-corrected chi connectivity index (χ1v) is 13.1. The van der Waals surface area contributed by atoms with Gasteiger partial charge in [0.25, 0.3) is 0 Å². The van der Waals surface area contributed by atoms with E-state index < -0.39 is 47.8 Å². The highest BCUT2D eigenvalue weighted by Crippen LogP contribution is 2.12. The number of nitrogens with zero attached hydrogens (tertiary/aromatic N) is 1. The van der Waals surface area contributed by atoms with E-state index in [-0.39, 0.29) is 30.8 Å². The number of rotatable bonds is 19. The molecule has 0 saturated heterocycles. The molecule has 37 heavy (non-hydrogen) atoms. The maximum atomic E-state index is 13.3. The standard InChI is InChI=1S/C24H49N9O4/c1-5-14(3)18(26)22(36)32-17(11-9-13-30-24(28)29)21(35)33-19(15(4)6-2)23(37)31-16(20(27)34)10-7-8-12-25/h14-19H,5-13,25-26H2,1-4H3,(H2,27,34)(H,31,37)(H,32,36)(H,33,35)(H4,28,29,30)/t14-,15-,16-,17-,18-,19-/m0/s1. The van der Waals surface area contributed by atoms with Gasteiger partial charge in [-0.05, 0) is 50.5 Å². The number of guanidine groups is 1. The van der Waals surface area contributed by atoms with E-state index in [1.807, 2.05) is 27.7 Å². The molecule has 0 aliphatic carbocycles. The van der Waals surface area contributed by atoms with Crippen LogP contribution in [0.2, 0.25) is 0 Å². The van der Waals surface area contributed by atoms with Crippen molar-refractivity contribution in [2.24, 2.45) is 45.5 Å². The van der Waals surface area contributed by atoms with Gasteiger partial charge in [0.2, 0.25) is 23.6 Å². The van der Waals surface area contributed by atoms with Crippen LogP contribution in [0.1, 0.15) is 72.6 Å². The minimum atomic E-state index is -0.965. The predicted octanol–water partition coefficient (Wildman–Crippen LogP) is -1.47. The predicted molar refractivity (Wildman–Crippen MR) is 145 cm³/mol. The second-order valence-corrected chi connectivity index (χ2v) is 9.54. The summed E-state index contributed by atoms with van der Waals surface area (Å²) >= 11 is 0.